The first kappa shape index (κ1) is 78.1. The van der Waals surface area contributed by atoms with Crippen LogP contribution in [0.1, 0.15) is 211 Å². The van der Waals surface area contributed by atoms with Gasteiger partial charge in [-0.2, -0.15) is 0 Å². The second kappa shape index (κ2) is 43.6. The van der Waals surface area contributed by atoms with Crippen molar-refractivity contribution in [3.05, 3.63) is 47.5 Å². The van der Waals surface area contributed by atoms with Crippen molar-refractivity contribution in [3.63, 3.8) is 0 Å². The lowest BCUT2D eigenvalue weighted by Crippen LogP contribution is -2.71. The van der Waals surface area contributed by atoms with Crippen molar-refractivity contribution in [2.75, 3.05) is 26.4 Å². The Hall–Kier alpha value is -3.31. The lowest BCUT2D eigenvalue weighted by Gasteiger charge is -2.50. The minimum atomic E-state index is -3.12. The van der Waals surface area contributed by atoms with E-state index in [0.29, 0.717) is 18.4 Å². The van der Waals surface area contributed by atoms with Gasteiger partial charge in [0.2, 0.25) is 11.8 Å². The maximum absolute atomic E-state index is 13.4. The van der Waals surface area contributed by atoms with E-state index in [1.807, 2.05) is 13.0 Å². The van der Waals surface area contributed by atoms with Gasteiger partial charge in [-0.1, -0.05) is 210 Å². The molecule has 89 heavy (non-hydrogen) atoms. The molecule has 0 spiro atoms. The molecule has 514 valence electrons. The molecule has 0 aliphatic carbocycles. The molecule has 4 rings (SSSR count). The first-order valence-corrected chi connectivity index (χ1v) is 33.6. The van der Waals surface area contributed by atoms with E-state index in [1.165, 1.54) is 116 Å². The first-order valence-electron chi connectivity index (χ1n) is 33.6. The standard InChI is InChI=1S/C66H114N2O21/c1-4-6-8-10-12-14-16-18-19-21-23-25-27-29-31-33-52(75)67-46(47(72)32-30-28-26-24-22-20-17-15-13-11-9-7-5-2)43-84-63-58(80)57(79)60(51(42-71)86-63)87-64-59(81)62(56(78)50(41-70)85-64)89-66(65(82)83)39-48(73)54(61(88-66)55(77)49(74)40-69)68-53(76)38-45-36-34-44(3)35-37-45/h30,32,34-37,46-51,54-64,69-74,77-81H,4-29,31,33,38-43H2,1-3H3,(H,67,75)(H,68,76)(H,82,83)/b32-30+/t46-,47+,48-,49+,50+,51+,54+,55-,56-,57+,58+,59+,60+,61?,62-,63+,64-,66-/m0/s1. The van der Waals surface area contributed by atoms with Crippen molar-refractivity contribution in [2.45, 2.75) is 323 Å². The molecule has 2 amide bonds. The molecule has 14 N–H and O–H groups in total. The number of rotatable bonds is 47. The molecular weight excluding hydrogens is 1160 g/mol. The molecule has 3 fully saturated rings. The number of aliphatic hydroxyl groups excluding tert-OH is 11. The summed E-state index contributed by atoms with van der Waals surface area (Å²) in [6.07, 6.45) is 4.97. The van der Waals surface area contributed by atoms with E-state index in [0.717, 1.165) is 50.5 Å². The maximum atomic E-state index is 13.4. The van der Waals surface area contributed by atoms with Crippen LogP contribution in [0.2, 0.25) is 0 Å². The van der Waals surface area contributed by atoms with E-state index in [9.17, 15) is 75.7 Å². The molecule has 0 aromatic heterocycles. The first-order chi connectivity index (χ1) is 42.8. The maximum Gasteiger partial charge on any atom is 0.364 e. The van der Waals surface area contributed by atoms with Crippen LogP contribution in [0.3, 0.4) is 0 Å². The van der Waals surface area contributed by atoms with Gasteiger partial charge < -0.3 is 100 Å². The average Bonchev–Trinajstić information content (AvgIpc) is 0.846. The number of hydrogen-bond donors (Lipinski definition) is 14. The number of aryl methyl sites for hydroxylation is 1. The molecule has 18 atom stereocenters. The molecule has 3 heterocycles. The van der Waals surface area contributed by atoms with E-state index < -0.39 is 155 Å². The van der Waals surface area contributed by atoms with Crippen molar-refractivity contribution in [2.24, 2.45) is 0 Å². The largest absolute Gasteiger partial charge is 0.477 e. The Morgan fingerprint density at radius 1 is 0.640 bits per heavy atom. The highest BCUT2D eigenvalue weighted by molar-refractivity contribution is 5.79. The monoisotopic (exact) mass is 1270 g/mol. The summed E-state index contributed by atoms with van der Waals surface area (Å²) in [5.41, 5.74) is 1.48. The SMILES string of the molecule is CCCCCCCCCCCCC/C=C/[C@@H](O)[C@H](CO[C@@H]1O[C@H](CO)[C@@H](O[C@@H]2O[C@H](CO)[C@H](O)[C@H](O[C@]3(C(=O)O)C[C@H](O)[C@@H](NC(=O)Cc4ccc(C)cc4)C([C@@H](O)[C@H](O)CO)O3)[C@H]2O)[C@H](O)[C@H]1O)NC(=O)CCCCCCCCCCCCCCCCC. The number of carbonyl (C=O) groups excluding carboxylic acids is 2. The minimum Gasteiger partial charge on any atom is -0.477 e. The van der Waals surface area contributed by atoms with Crippen LogP contribution in [0.4, 0.5) is 0 Å². The van der Waals surface area contributed by atoms with Gasteiger partial charge in [0.25, 0.3) is 5.79 Å². The van der Waals surface area contributed by atoms with Gasteiger partial charge in [-0.25, -0.2) is 4.79 Å². The molecule has 1 unspecified atom stereocenters. The second-order valence-corrected chi connectivity index (χ2v) is 25.0. The van der Waals surface area contributed by atoms with Crippen molar-refractivity contribution < 1.29 is 104 Å². The molecule has 1 aromatic carbocycles. The minimum absolute atomic E-state index is 0.201. The van der Waals surface area contributed by atoms with Crippen molar-refractivity contribution in [1.82, 2.24) is 10.6 Å². The number of carboxylic acids is 1. The van der Waals surface area contributed by atoms with Gasteiger partial charge in [0.1, 0.15) is 67.1 Å². The van der Waals surface area contributed by atoms with Gasteiger partial charge >= 0.3 is 5.97 Å². The number of allylic oxidation sites excluding steroid dienone is 1. The molecule has 3 aliphatic heterocycles. The highest BCUT2D eigenvalue weighted by Gasteiger charge is 2.60. The summed E-state index contributed by atoms with van der Waals surface area (Å²) in [6.45, 7) is 2.86. The third-order valence-corrected chi connectivity index (χ3v) is 17.4. The fourth-order valence-electron chi connectivity index (χ4n) is 11.8. The smallest absolute Gasteiger partial charge is 0.364 e. The zero-order chi connectivity index (χ0) is 65.1. The van der Waals surface area contributed by atoms with Crippen LogP contribution in [-0.4, -0.2) is 215 Å². The fraction of sp³-hybridized carbons (Fsp3) is 0.833. The Morgan fingerprint density at radius 3 is 1.67 bits per heavy atom. The number of aliphatic carboxylic acids is 1. The normalized spacial score (nSPS) is 28.8. The van der Waals surface area contributed by atoms with Crippen molar-refractivity contribution in [3.8, 4) is 0 Å². The zero-order valence-corrected chi connectivity index (χ0v) is 53.4. The van der Waals surface area contributed by atoms with Gasteiger partial charge in [0.15, 0.2) is 12.6 Å². The molecule has 0 saturated carbocycles. The number of unbranched alkanes of at least 4 members (excludes halogenated alkanes) is 25. The van der Waals surface area contributed by atoms with Crippen LogP contribution in [-0.2, 0) is 49.2 Å². The lowest BCUT2D eigenvalue weighted by atomic mass is 9.88. The average molecular weight is 1270 g/mol. The zero-order valence-electron chi connectivity index (χ0n) is 53.4. The number of carbonyl (C=O) groups is 3. The van der Waals surface area contributed by atoms with Crippen LogP contribution in [0.5, 0.6) is 0 Å². The van der Waals surface area contributed by atoms with Crippen LogP contribution in [0.15, 0.2) is 36.4 Å². The third-order valence-electron chi connectivity index (χ3n) is 17.4. The number of nitrogens with one attached hydrogen (secondary N) is 2. The number of carboxylic acid groups (broad SMARTS) is 1. The summed E-state index contributed by atoms with van der Waals surface area (Å²) >= 11 is 0. The third kappa shape index (κ3) is 26.9. The summed E-state index contributed by atoms with van der Waals surface area (Å²) in [4.78, 5) is 40.0. The van der Waals surface area contributed by atoms with E-state index in [-0.39, 0.29) is 18.7 Å². The molecule has 3 saturated heterocycles. The van der Waals surface area contributed by atoms with Gasteiger partial charge in [-0.05, 0) is 31.7 Å². The summed E-state index contributed by atoms with van der Waals surface area (Å²) in [5.74, 6) is -6.14. The molecule has 0 radical (unpaired) electrons. The summed E-state index contributed by atoms with van der Waals surface area (Å²) < 4.78 is 35.1. The van der Waals surface area contributed by atoms with Gasteiger partial charge in [-0.15, -0.1) is 0 Å². The Balaban J connectivity index is 1.40. The van der Waals surface area contributed by atoms with E-state index in [2.05, 4.69) is 24.5 Å². The summed E-state index contributed by atoms with van der Waals surface area (Å²) in [7, 11) is 0. The van der Waals surface area contributed by atoms with Crippen LogP contribution < -0.4 is 10.6 Å². The van der Waals surface area contributed by atoms with E-state index >= 15 is 0 Å². The molecule has 0 bridgehead atoms. The van der Waals surface area contributed by atoms with Crippen LogP contribution >= 0.6 is 0 Å². The van der Waals surface area contributed by atoms with Gasteiger partial charge in [0.05, 0.1) is 57.1 Å². The Kier molecular flexibility index (Phi) is 38.2. The fourth-order valence-corrected chi connectivity index (χ4v) is 11.8. The molecule has 3 aliphatic rings. The summed E-state index contributed by atoms with van der Waals surface area (Å²) in [6, 6.07) is 4.21. The van der Waals surface area contributed by atoms with Gasteiger partial charge in [0, 0.05) is 12.8 Å². The Labute approximate surface area is 527 Å². The number of amides is 2. The van der Waals surface area contributed by atoms with Crippen LogP contribution in [0.25, 0.3) is 0 Å². The van der Waals surface area contributed by atoms with E-state index in [4.69, 9.17) is 28.4 Å². The Morgan fingerprint density at radius 2 is 1.16 bits per heavy atom. The van der Waals surface area contributed by atoms with E-state index in [1.54, 1.807) is 30.3 Å². The second-order valence-electron chi connectivity index (χ2n) is 25.0. The molecular formula is C66H114N2O21. The topological polar surface area (TPSA) is 373 Å². The number of aliphatic hydroxyl groups is 11. The highest BCUT2D eigenvalue weighted by Crippen LogP contribution is 2.39. The predicted molar refractivity (Wildman–Crippen MR) is 331 cm³/mol. The molecule has 23 heteroatoms. The predicted octanol–water partition coefficient (Wildman–Crippen LogP) is 4.70. The van der Waals surface area contributed by atoms with Crippen LogP contribution in [0, 0.1) is 6.92 Å². The molecule has 23 nitrogen and oxygen atoms in total. The van der Waals surface area contributed by atoms with Crippen molar-refractivity contribution in [1.29, 1.82) is 0 Å². The lowest BCUT2D eigenvalue weighted by molar-refractivity contribution is -0.386. The summed E-state index contributed by atoms with van der Waals surface area (Å²) in [5, 5.41) is 138. The highest BCUT2D eigenvalue weighted by atomic mass is 16.8. The number of benzene rings is 1. The number of ether oxygens (including phenoxy) is 6. The Bertz CT molecular complexity index is 2090. The van der Waals surface area contributed by atoms with Crippen molar-refractivity contribution >= 4 is 17.8 Å². The van der Waals surface area contributed by atoms with Gasteiger partial charge in [-0.3, -0.25) is 9.59 Å². The molecule has 1 aromatic rings. The number of hydrogen-bond acceptors (Lipinski definition) is 20. The quantitative estimate of drug-likeness (QED) is 0.0311.